The molecule has 0 bridgehead atoms. The minimum atomic E-state index is 0.243. The third-order valence-corrected chi connectivity index (χ3v) is 6.79. The molecule has 1 saturated carbocycles. The van der Waals surface area contributed by atoms with E-state index < -0.39 is 0 Å². The highest BCUT2D eigenvalue weighted by Gasteiger charge is 2.29. The van der Waals surface area contributed by atoms with Gasteiger partial charge in [-0.05, 0) is 55.7 Å². The number of aromatic nitrogens is 1. The molecule has 27 heavy (non-hydrogen) atoms. The summed E-state index contributed by atoms with van der Waals surface area (Å²) in [5.41, 5.74) is 4.67. The Morgan fingerprint density at radius 1 is 1.33 bits per heavy atom. The highest BCUT2D eigenvalue weighted by atomic mass is 32.1. The first kappa shape index (κ1) is 18.6. The van der Waals surface area contributed by atoms with Crippen molar-refractivity contribution in [1.29, 1.82) is 0 Å². The van der Waals surface area contributed by atoms with Gasteiger partial charge in [-0.2, -0.15) is 0 Å². The molecule has 1 fully saturated rings. The number of fused-ring (bicyclic) bond motifs is 1. The van der Waals surface area contributed by atoms with Crippen LogP contribution in [-0.2, 0) is 25.9 Å². The maximum absolute atomic E-state index is 13.0. The van der Waals surface area contributed by atoms with Crippen LogP contribution in [0.5, 0.6) is 0 Å². The molecule has 0 atom stereocenters. The smallest absolute Gasteiger partial charge is 0.254 e. The van der Waals surface area contributed by atoms with E-state index in [2.05, 4.69) is 41.2 Å². The normalized spacial score (nSPS) is 17.0. The zero-order chi connectivity index (χ0) is 18.8. The fourth-order valence-electron chi connectivity index (χ4n) is 3.82. The van der Waals surface area contributed by atoms with E-state index in [0.717, 1.165) is 62.7 Å². The molecule has 0 N–H and O–H groups in total. The Hall–Kier alpha value is -1.72. The summed E-state index contributed by atoms with van der Waals surface area (Å²) in [6, 6.07) is 4.33. The number of pyridine rings is 1. The summed E-state index contributed by atoms with van der Waals surface area (Å²) >= 11 is 1.75. The average molecular weight is 384 g/mol. The van der Waals surface area contributed by atoms with Gasteiger partial charge in [0.05, 0.1) is 11.3 Å². The Bertz CT molecular complexity index is 794. The van der Waals surface area contributed by atoms with E-state index in [9.17, 15) is 4.79 Å². The van der Waals surface area contributed by atoms with Gasteiger partial charge in [-0.1, -0.05) is 13.0 Å². The molecule has 4 rings (SSSR count). The van der Waals surface area contributed by atoms with Gasteiger partial charge in [-0.3, -0.25) is 14.7 Å². The quantitative estimate of drug-likeness (QED) is 0.721. The van der Waals surface area contributed by atoms with Crippen molar-refractivity contribution in [2.24, 2.45) is 5.92 Å². The topological polar surface area (TPSA) is 36.4 Å². The van der Waals surface area contributed by atoms with Gasteiger partial charge >= 0.3 is 0 Å². The number of hydrogen-bond donors (Lipinski definition) is 0. The predicted molar refractivity (Wildman–Crippen MR) is 110 cm³/mol. The molecular weight excluding hydrogens is 354 g/mol. The van der Waals surface area contributed by atoms with Crippen LogP contribution in [0.1, 0.15) is 58.7 Å². The van der Waals surface area contributed by atoms with Gasteiger partial charge in [0, 0.05) is 49.2 Å². The summed E-state index contributed by atoms with van der Waals surface area (Å²) in [7, 11) is 0. The van der Waals surface area contributed by atoms with Crippen molar-refractivity contribution in [1.82, 2.24) is 14.8 Å². The van der Waals surface area contributed by atoms with Crippen LogP contribution in [0.2, 0.25) is 0 Å². The standard InChI is InChI=1S/C22H29N3OS/c1-3-16-7-8-18(23-11-16)13-24-10-9-19-20(15-27-21(19)14-24)22(26)25(4-2)12-17-5-6-17/h7-8,11,15,17H,3-6,9-10,12-14H2,1-2H3. The molecule has 144 valence electrons. The minimum absolute atomic E-state index is 0.243. The second-order valence-corrected chi connectivity index (χ2v) is 8.77. The summed E-state index contributed by atoms with van der Waals surface area (Å²) < 4.78 is 0. The van der Waals surface area contributed by atoms with E-state index in [0.29, 0.717) is 0 Å². The van der Waals surface area contributed by atoms with E-state index >= 15 is 0 Å². The highest BCUT2D eigenvalue weighted by molar-refractivity contribution is 7.10. The van der Waals surface area contributed by atoms with Crippen LogP contribution in [0.25, 0.3) is 0 Å². The molecule has 0 radical (unpaired) electrons. The van der Waals surface area contributed by atoms with Crippen LogP contribution in [0.4, 0.5) is 0 Å². The van der Waals surface area contributed by atoms with Crippen molar-refractivity contribution in [2.45, 2.75) is 52.6 Å². The summed E-state index contributed by atoms with van der Waals surface area (Å²) in [6.45, 7) is 8.81. The van der Waals surface area contributed by atoms with Gasteiger partial charge in [0.2, 0.25) is 0 Å². The lowest BCUT2D eigenvalue weighted by molar-refractivity contribution is 0.0755. The predicted octanol–water partition coefficient (Wildman–Crippen LogP) is 4.14. The first-order valence-electron chi connectivity index (χ1n) is 10.2. The number of aryl methyl sites for hydroxylation is 1. The molecule has 0 spiro atoms. The number of carbonyl (C=O) groups excluding carboxylic acids is 1. The Morgan fingerprint density at radius 3 is 2.85 bits per heavy atom. The molecule has 2 aromatic heterocycles. The molecule has 1 aliphatic heterocycles. The van der Waals surface area contributed by atoms with Crippen LogP contribution in [0.3, 0.4) is 0 Å². The molecule has 4 nitrogen and oxygen atoms in total. The van der Waals surface area contributed by atoms with Crippen molar-refractivity contribution in [2.75, 3.05) is 19.6 Å². The molecule has 1 amide bonds. The maximum Gasteiger partial charge on any atom is 0.254 e. The van der Waals surface area contributed by atoms with Crippen molar-refractivity contribution in [3.63, 3.8) is 0 Å². The average Bonchev–Trinajstić information content (AvgIpc) is 3.43. The van der Waals surface area contributed by atoms with Crippen molar-refractivity contribution in [3.8, 4) is 0 Å². The van der Waals surface area contributed by atoms with Gasteiger partial charge in [0.25, 0.3) is 5.91 Å². The molecule has 2 aliphatic rings. The van der Waals surface area contributed by atoms with E-state index in [-0.39, 0.29) is 5.91 Å². The fourth-order valence-corrected chi connectivity index (χ4v) is 4.94. The number of hydrogen-bond acceptors (Lipinski definition) is 4. The third kappa shape index (κ3) is 4.25. The van der Waals surface area contributed by atoms with E-state index in [1.807, 2.05) is 11.1 Å². The van der Waals surface area contributed by atoms with Crippen LogP contribution in [0.15, 0.2) is 23.7 Å². The summed E-state index contributed by atoms with van der Waals surface area (Å²) in [5.74, 6) is 0.984. The van der Waals surface area contributed by atoms with Crippen molar-refractivity contribution in [3.05, 3.63) is 51.0 Å². The number of thiophene rings is 1. The SMILES string of the molecule is CCc1ccc(CN2CCc3c(C(=O)N(CC)CC4CC4)csc3C2)nc1. The van der Waals surface area contributed by atoms with Gasteiger partial charge in [0.1, 0.15) is 0 Å². The van der Waals surface area contributed by atoms with E-state index in [4.69, 9.17) is 0 Å². The third-order valence-electron chi connectivity index (χ3n) is 5.78. The first-order chi connectivity index (χ1) is 13.2. The first-order valence-corrected chi connectivity index (χ1v) is 11.1. The minimum Gasteiger partial charge on any atom is -0.339 e. The van der Waals surface area contributed by atoms with Crippen molar-refractivity contribution < 1.29 is 4.79 Å². The van der Waals surface area contributed by atoms with Gasteiger partial charge in [0.15, 0.2) is 0 Å². The maximum atomic E-state index is 13.0. The summed E-state index contributed by atoms with van der Waals surface area (Å²) in [4.78, 5) is 23.5. The molecule has 1 aliphatic carbocycles. The van der Waals surface area contributed by atoms with Crippen molar-refractivity contribution >= 4 is 17.2 Å². The van der Waals surface area contributed by atoms with Gasteiger partial charge in [-0.15, -0.1) is 11.3 Å². The lowest BCUT2D eigenvalue weighted by Gasteiger charge is -2.27. The van der Waals surface area contributed by atoms with Gasteiger partial charge < -0.3 is 4.90 Å². The number of rotatable bonds is 7. The van der Waals surface area contributed by atoms with Crippen LogP contribution >= 0.6 is 11.3 Å². The molecule has 0 aromatic carbocycles. The second kappa shape index (κ2) is 8.11. The van der Waals surface area contributed by atoms with Crippen LogP contribution in [0, 0.1) is 5.92 Å². The number of nitrogens with zero attached hydrogens (tertiary/aromatic N) is 3. The fraction of sp³-hybridized carbons (Fsp3) is 0.545. The monoisotopic (exact) mass is 383 g/mol. The highest BCUT2D eigenvalue weighted by Crippen LogP contribution is 2.33. The molecule has 0 unspecified atom stereocenters. The van der Waals surface area contributed by atoms with Gasteiger partial charge in [-0.25, -0.2) is 0 Å². The number of amides is 1. The lowest BCUT2D eigenvalue weighted by atomic mass is 10.0. The zero-order valence-corrected chi connectivity index (χ0v) is 17.2. The zero-order valence-electron chi connectivity index (χ0n) is 16.4. The summed E-state index contributed by atoms with van der Waals surface area (Å²) in [5, 5.41) is 2.10. The molecule has 0 saturated heterocycles. The van der Waals surface area contributed by atoms with Crippen LogP contribution in [-0.4, -0.2) is 40.3 Å². The van der Waals surface area contributed by atoms with E-state index in [1.54, 1.807) is 11.3 Å². The van der Waals surface area contributed by atoms with Crippen LogP contribution < -0.4 is 0 Å². The molecule has 3 heterocycles. The number of carbonyl (C=O) groups is 1. The Balaban J connectivity index is 1.42. The molecular formula is C22H29N3OS. The Kier molecular flexibility index (Phi) is 5.60. The second-order valence-electron chi connectivity index (χ2n) is 7.81. The Morgan fingerprint density at radius 2 is 2.19 bits per heavy atom. The summed E-state index contributed by atoms with van der Waals surface area (Å²) in [6.07, 6.45) is 6.56. The van der Waals surface area contributed by atoms with E-state index in [1.165, 1.54) is 28.8 Å². The largest absolute Gasteiger partial charge is 0.339 e. The molecule has 5 heteroatoms. The lowest BCUT2D eigenvalue weighted by Crippen LogP contribution is -2.34. The molecule has 2 aromatic rings. The Labute approximate surface area is 166 Å².